The van der Waals surface area contributed by atoms with E-state index in [2.05, 4.69) is 20.8 Å². The van der Waals surface area contributed by atoms with Crippen molar-refractivity contribution in [3.05, 3.63) is 0 Å². The van der Waals surface area contributed by atoms with E-state index < -0.39 is 0 Å². The standard InChI is InChI=1S/C12H24N2O/c1-9(2)8-11(13)12(15)14-7-5-4-6-10(14)3/h9-11H,4-8,13H2,1-3H3/t10-,11-/m0/s1. The summed E-state index contributed by atoms with van der Waals surface area (Å²) in [5.41, 5.74) is 5.92. The third-order valence-corrected chi connectivity index (χ3v) is 3.13. The Labute approximate surface area is 93.0 Å². The Kier molecular flexibility index (Phi) is 4.58. The predicted octanol–water partition coefficient (Wildman–Crippen LogP) is 1.76. The number of amides is 1. The largest absolute Gasteiger partial charge is 0.339 e. The van der Waals surface area contributed by atoms with Crippen molar-refractivity contribution < 1.29 is 4.79 Å². The van der Waals surface area contributed by atoms with Crippen LogP contribution < -0.4 is 5.73 Å². The van der Waals surface area contributed by atoms with Gasteiger partial charge in [0.25, 0.3) is 0 Å². The summed E-state index contributed by atoms with van der Waals surface area (Å²) in [4.78, 5) is 14.0. The molecule has 1 aliphatic heterocycles. The van der Waals surface area contributed by atoms with E-state index >= 15 is 0 Å². The van der Waals surface area contributed by atoms with Gasteiger partial charge in [0.05, 0.1) is 6.04 Å². The fourth-order valence-corrected chi connectivity index (χ4v) is 2.25. The van der Waals surface area contributed by atoms with Crippen molar-refractivity contribution in [2.45, 2.75) is 58.5 Å². The van der Waals surface area contributed by atoms with Crippen LogP contribution in [-0.2, 0) is 4.79 Å². The lowest BCUT2D eigenvalue weighted by atomic mass is 9.99. The van der Waals surface area contributed by atoms with Crippen LogP contribution in [0.15, 0.2) is 0 Å². The minimum atomic E-state index is -0.300. The molecule has 1 saturated heterocycles. The highest BCUT2D eigenvalue weighted by Crippen LogP contribution is 2.18. The minimum Gasteiger partial charge on any atom is -0.339 e. The average molecular weight is 212 g/mol. The molecule has 15 heavy (non-hydrogen) atoms. The molecule has 1 fully saturated rings. The predicted molar refractivity (Wildman–Crippen MR) is 62.5 cm³/mol. The Morgan fingerprint density at radius 3 is 2.67 bits per heavy atom. The van der Waals surface area contributed by atoms with E-state index in [0.717, 1.165) is 25.8 Å². The van der Waals surface area contributed by atoms with Crippen molar-refractivity contribution in [3.63, 3.8) is 0 Å². The third kappa shape index (κ3) is 3.49. The normalized spacial score (nSPS) is 24.3. The van der Waals surface area contributed by atoms with E-state index in [1.54, 1.807) is 0 Å². The first-order chi connectivity index (χ1) is 7.02. The number of piperidine rings is 1. The fraction of sp³-hybridized carbons (Fsp3) is 0.917. The van der Waals surface area contributed by atoms with Gasteiger partial charge in [-0.15, -0.1) is 0 Å². The van der Waals surface area contributed by atoms with Crippen LogP contribution in [0, 0.1) is 5.92 Å². The van der Waals surface area contributed by atoms with Gasteiger partial charge in [-0.25, -0.2) is 0 Å². The second-order valence-corrected chi connectivity index (χ2v) is 5.11. The molecule has 88 valence electrons. The lowest BCUT2D eigenvalue weighted by Gasteiger charge is -2.35. The number of rotatable bonds is 3. The molecule has 1 rings (SSSR count). The molecular formula is C12H24N2O. The summed E-state index contributed by atoms with van der Waals surface area (Å²) < 4.78 is 0. The summed E-state index contributed by atoms with van der Waals surface area (Å²) in [5.74, 6) is 0.639. The zero-order valence-electron chi connectivity index (χ0n) is 10.2. The van der Waals surface area contributed by atoms with E-state index in [0.29, 0.717) is 12.0 Å². The van der Waals surface area contributed by atoms with Gasteiger partial charge in [-0.3, -0.25) is 4.79 Å². The summed E-state index contributed by atoms with van der Waals surface area (Å²) in [5, 5.41) is 0. The molecule has 1 amide bonds. The van der Waals surface area contributed by atoms with Crippen LogP contribution >= 0.6 is 0 Å². The lowest BCUT2D eigenvalue weighted by molar-refractivity contribution is -0.136. The second kappa shape index (κ2) is 5.50. The van der Waals surface area contributed by atoms with E-state index in [9.17, 15) is 4.79 Å². The monoisotopic (exact) mass is 212 g/mol. The van der Waals surface area contributed by atoms with Crippen molar-refractivity contribution >= 4 is 5.91 Å². The zero-order valence-corrected chi connectivity index (χ0v) is 10.2. The van der Waals surface area contributed by atoms with Crippen molar-refractivity contribution in [2.24, 2.45) is 11.7 Å². The van der Waals surface area contributed by atoms with E-state index in [-0.39, 0.29) is 11.9 Å². The summed E-state index contributed by atoms with van der Waals surface area (Å²) in [6.07, 6.45) is 4.29. The molecule has 3 heteroatoms. The van der Waals surface area contributed by atoms with Crippen LogP contribution in [0.2, 0.25) is 0 Å². The maximum atomic E-state index is 12.0. The van der Waals surface area contributed by atoms with Crippen LogP contribution in [-0.4, -0.2) is 29.4 Å². The van der Waals surface area contributed by atoms with E-state index in [1.165, 1.54) is 6.42 Å². The summed E-state index contributed by atoms with van der Waals surface area (Å²) in [7, 11) is 0. The Bertz CT molecular complexity index is 216. The van der Waals surface area contributed by atoms with Crippen molar-refractivity contribution in [2.75, 3.05) is 6.54 Å². The minimum absolute atomic E-state index is 0.149. The average Bonchev–Trinajstić information content (AvgIpc) is 2.16. The number of carbonyl (C=O) groups excluding carboxylic acids is 1. The molecule has 0 unspecified atom stereocenters. The molecule has 0 aliphatic carbocycles. The van der Waals surface area contributed by atoms with Gasteiger partial charge in [-0.2, -0.15) is 0 Å². The maximum absolute atomic E-state index is 12.0. The number of carbonyl (C=O) groups is 1. The highest BCUT2D eigenvalue weighted by molar-refractivity contribution is 5.82. The van der Waals surface area contributed by atoms with Crippen molar-refractivity contribution in [1.82, 2.24) is 4.90 Å². The lowest BCUT2D eigenvalue weighted by Crippen LogP contribution is -2.50. The molecule has 0 spiro atoms. The summed E-state index contributed by atoms with van der Waals surface area (Å²) >= 11 is 0. The summed E-state index contributed by atoms with van der Waals surface area (Å²) in [6.45, 7) is 7.23. The van der Waals surface area contributed by atoms with E-state index in [4.69, 9.17) is 5.73 Å². The Morgan fingerprint density at radius 1 is 1.47 bits per heavy atom. The molecule has 2 atom stereocenters. The number of nitrogens with zero attached hydrogens (tertiary/aromatic N) is 1. The van der Waals surface area contributed by atoms with E-state index in [1.807, 2.05) is 4.90 Å². The number of nitrogens with two attached hydrogens (primary N) is 1. The van der Waals surface area contributed by atoms with Gasteiger partial charge in [-0.1, -0.05) is 13.8 Å². The fourth-order valence-electron chi connectivity index (χ4n) is 2.25. The molecule has 2 N–H and O–H groups in total. The zero-order chi connectivity index (χ0) is 11.4. The second-order valence-electron chi connectivity index (χ2n) is 5.11. The Hall–Kier alpha value is -0.570. The molecule has 0 bridgehead atoms. The molecule has 0 radical (unpaired) electrons. The Morgan fingerprint density at radius 2 is 2.13 bits per heavy atom. The topological polar surface area (TPSA) is 46.3 Å². The van der Waals surface area contributed by atoms with Gasteiger partial charge >= 0.3 is 0 Å². The molecular weight excluding hydrogens is 188 g/mol. The molecule has 0 aromatic heterocycles. The Balaban J connectivity index is 2.50. The molecule has 0 aromatic rings. The molecule has 3 nitrogen and oxygen atoms in total. The van der Waals surface area contributed by atoms with Gasteiger partial charge in [0.2, 0.25) is 5.91 Å². The van der Waals surface area contributed by atoms with Gasteiger partial charge < -0.3 is 10.6 Å². The van der Waals surface area contributed by atoms with Gasteiger partial charge in [0.1, 0.15) is 0 Å². The smallest absolute Gasteiger partial charge is 0.239 e. The van der Waals surface area contributed by atoms with Crippen LogP contribution in [0.3, 0.4) is 0 Å². The highest BCUT2D eigenvalue weighted by Gasteiger charge is 2.27. The molecule has 0 saturated carbocycles. The quantitative estimate of drug-likeness (QED) is 0.775. The molecule has 1 heterocycles. The summed E-state index contributed by atoms with van der Waals surface area (Å²) in [6, 6.07) is 0.0787. The van der Waals surface area contributed by atoms with Crippen molar-refractivity contribution in [1.29, 1.82) is 0 Å². The van der Waals surface area contributed by atoms with Crippen LogP contribution in [0.1, 0.15) is 46.5 Å². The third-order valence-electron chi connectivity index (χ3n) is 3.13. The number of hydrogen-bond acceptors (Lipinski definition) is 2. The van der Waals surface area contributed by atoms with Gasteiger partial charge in [0, 0.05) is 12.6 Å². The van der Waals surface area contributed by atoms with Gasteiger partial charge in [-0.05, 0) is 38.5 Å². The first-order valence-corrected chi connectivity index (χ1v) is 6.08. The van der Waals surface area contributed by atoms with Crippen LogP contribution in [0.25, 0.3) is 0 Å². The van der Waals surface area contributed by atoms with Crippen LogP contribution in [0.5, 0.6) is 0 Å². The van der Waals surface area contributed by atoms with Crippen molar-refractivity contribution in [3.8, 4) is 0 Å². The first kappa shape index (κ1) is 12.5. The SMILES string of the molecule is CC(C)C[C@H](N)C(=O)N1CCCC[C@@H]1C. The van der Waals surface area contributed by atoms with Gasteiger partial charge in [0.15, 0.2) is 0 Å². The van der Waals surface area contributed by atoms with Crippen LogP contribution in [0.4, 0.5) is 0 Å². The molecule has 0 aromatic carbocycles. The first-order valence-electron chi connectivity index (χ1n) is 6.08. The highest BCUT2D eigenvalue weighted by atomic mass is 16.2. The molecule has 1 aliphatic rings. The number of likely N-dealkylation sites (tertiary alicyclic amines) is 1. The number of hydrogen-bond donors (Lipinski definition) is 1. The maximum Gasteiger partial charge on any atom is 0.239 e.